The summed E-state index contributed by atoms with van der Waals surface area (Å²) in [6.07, 6.45) is -0.121. The Labute approximate surface area is 178 Å². The van der Waals surface area contributed by atoms with Gasteiger partial charge in [0.05, 0.1) is 18.4 Å². The molecule has 2 fully saturated rings. The molecule has 6 nitrogen and oxygen atoms in total. The highest BCUT2D eigenvalue weighted by Crippen LogP contribution is 2.49. The van der Waals surface area contributed by atoms with Gasteiger partial charge in [-0.2, -0.15) is 0 Å². The molecule has 0 spiro atoms. The number of benzene rings is 2. The van der Waals surface area contributed by atoms with Crippen LogP contribution >= 0.6 is 23.2 Å². The number of amides is 1. The normalized spacial score (nSPS) is 23.7. The fourth-order valence-electron chi connectivity index (χ4n) is 4.11. The first-order chi connectivity index (χ1) is 13.7. The maximum atomic E-state index is 13.4. The number of β-lactam (4-membered cyclic amide) rings is 1. The molecule has 0 aromatic heterocycles. The summed E-state index contributed by atoms with van der Waals surface area (Å²) in [6, 6.07) is 10.7. The van der Waals surface area contributed by atoms with Gasteiger partial charge in [0.1, 0.15) is 5.75 Å². The minimum Gasteiger partial charge on any atom is -0.496 e. The van der Waals surface area contributed by atoms with E-state index in [-0.39, 0.29) is 30.2 Å². The van der Waals surface area contributed by atoms with Crippen molar-refractivity contribution in [3.8, 4) is 5.75 Å². The number of ketones is 1. The molecular weight excluding hydrogens is 437 g/mol. The number of nitrogens with zero attached hydrogens (tertiary/aromatic N) is 1. The lowest BCUT2D eigenvalue weighted by molar-refractivity contribution is -0.150. The summed E-state index contributed by atoms with van der Waals surface area (Å²) in [7, 11) is -2.60. The van der Waals surface area contributed by atoms with Gasteiger partial charge in [-0.25, -0.2) is 8.42 Å². The van der Waals surface area contributed by atoms with E-state index in [4.69, 9.17) is 27.9 Å². The van der Waals surface area contributed by atoms with E-state index in [2.05, 4.69) is 0 Å². The number of ether oxygens (including phenoxy) is 1. The van der Waals surface area contributed by atoms with E-state index in [0.29, 0.717) is 21.4 Å². The number of carbonyl (C=O) groups excluding carboxylic acids is 2. The molecule has 4 rings (SSSR count). The SMILES string of the molecule is COc1ccc(Cl)cc1CC1CN2C(=O)CC2(S(=O)(=O)c2ccc(Cl)cc2)C1=O. The van der Waals surface area contributed by atoms with Gasteiger partial charge in [0, 0.05) is 22.5 Å². The number of hydrogen-bond donors (Lipinski definition) is 0. The molecule has 1 amide bonds. The van der Waals surface area contributed by atoms with Gasteiger partial charge in [-0.15, -0.1) is 0 Å². The topological polar surface area (TPSA) is 80.8 Å². The maximum Gasteiger partial charge on any atom is 0.228 e. The van der Waals surface area contributed by atoms with Gasteiger partial charge in [-0.3, -0.25) is 9.59 Å². The smallest absolute Gasteiger partial charge is 0.228 e. The largest absolute Gasteiger partial charge is 0.496 e. The number of rotatable bonds is 5. The Hall–Kier alpha value is -2.09. The highest BCUT2D eigenvalue weighted by molar-refractivity contribution is 7.93. The Morgan fingerprint density at radius 2 is 1.76 bits per heavy atom. The standard InChI is InChI=1S/C20H17Cl2NO5S/c1-28-17-7-4-15(22)9-12(17)8-13-11-23-18(24)10-20(23,19(13)25)29(26,27)16-5-2-14(21)3-6-16/h2-7,9,13H,8,10-11H2,1H3. The number of fused-ring (bicyclic) bond motifs is 1. The van der Waals surface area contributed by atoms with E-state index in [0.717, 1.165) is 0 Å². The summed E-state index contributed by atoms with van der Waals surface area (Å²) < 4.78 is 32.0. The van der Waals surface area contributed by atoms with Crippen molar-refractivity contribution in [1.82, 2.24) is 4.90 Å². The fourth-order valence-corrected chi connectivity index (χ4v) is 6.52. The highest BCUT2D eigenvalue weighted by Gasteiger charge is 2.70. The van der Waals surface area contributed by atoms with E-state index in [9.17, 15) is 18.0 Å². The van der Waals surface area contributed by atoms with E-state index in [1.54, 1.807) is 18.2 Å². The van der Waals surface area contributed by atoms with Crippen molar-refractivity contribution < 1.29 is 22.7 Å². The lowest BCUT2D eigenvalue weighted by Gasteiger charge is -2.44. The number of methoxy groups -OCH3 is 1. The summed E-state index contributed by atoms with van der Waals surface area (Å²) in [5.41, 5.74) is 0.687. The molecule has 0 N–H and O–H groups in total. The second-order valence-corrected chi connectivity index (χ2v) is 10.2. The molecule has 2 aromatic carbocycles. The van der Waals surface area contributed by atoms with Gasteiger partial charge < -0.3 is 9.64 Å². The van der Waals surface area contributed by atoms with Crippen LogP contribution in [-0.2, 0) is 25.8 Å². The van der Waals surface area contributed by atoms with Crippen molar-refractivity contribution >= 4 is 44.7 Å². The summed E-state index contributed by atoms with van der Waals surface area (Å²) in [4.78, 5) is 24.8. The number of halogens is 2. The van der Waals surface area contributed by atoms with Crippen LogP contribution in [0.5, 0.6) is 5.75 Å². The fraction of sp³-hybridized carbons (Fsp3) is 0.300. The predicted molar refractivity (Wildman–Crippen MR) is 108 cm³/mol. The molecule has 0 saturated carbocycles. The predicted octanol–water partition coefficient (Wildman–Crippen LogP) is 3.15. The number of hydrogen-bond acceptors (Lipinski definition) is 5. The van der Waals surface area contributed by atoms with Crippen LogP contribution in [0, 0.1) is 5.92 Å². The molecule has 2 aliphatic heterocycles. The molecule has 2 heterocycles. The first kappa shape index (κ1) is 20.2. The molecule has 152 valence electrons. The van der Waals surface area contributed by atoms with Crippen LogP contribution in [-0.4, -0.2) is 43.5 Å². The van der Waals surface area contributed by atoms with Crippen molar-refractivity contribution in [3.63, 3.8) is 0 Å². The number of sulfone groups is 1. The third-order valence-electron chi connectivity index (χ3n) is 5.56. The van der Waals surface area contributed by atoms with Crippen LogP contribution in [0.2, 0.25) is 10.0 Å². The van der Waals surface area contributed by atoms with Gasteiger partial charge in [-0.1, -0.05) is 23.2 Å². The molecule has 0 radical (unpaired) electrons. The van der Waals surface area contributed by atoms with E-state index in [1.807, 2.05) is 0 Å². The van der Waals surface area contributed by atoms with Crippen LogP contribution < -0.4 is 4.74 Å². The van der Waals surface area contributed by atoms with Crippen molar-refractivity contribution in [2.24, 2.45) is 5.92 Å². The minimum atomic E-state index is -4.11. The molecule has 2 unspecified atom stereocenters. The minimum absolute atomic E-state index is 0.0336. The summed E-state index contributed by atoms with van der Waals surface area (Å²) >= 11 is 11.9. The Balaban J connectivity index is 1.71. The van der Waals surface area contributed by atoms with Crippen LogP contribution in [0.3, 0.4) is 0 Å². The molecular formula is C20H17Cl2NO5S. The van der Waals surface area contributed by atoms with Crippen molar-refractivity contribution in [2.75, 3.05) is 13.7 Å². The quantitative estimate of drug-likeness (QED) is 0.649. The van der Waals surface area contributed by atoms with Gasteiger partial charge >= 0.3 is 0 Å². The molecule has 0 aliphatic carbocycles. The lowest BCUT2D eigenvalue weighted by atomic mass is 9.92. The lowest BCUT2D eigenvalue weighted by Crippen LogP contribution is -2.67. The molecule has 2 atom stereocenters. The van der Waals surface area contributed by atoms with Crippen LogP contribution in [0.25, 0.3) is 0 Å². The zero-order valence-electron chi connectivity index (χ0n) is 15.4. The zero-order valence-corrected chi connectivity index (χ0v) is 17.7. The molecule has 9 heteroatoms. The molecule has 2 aliphatic rings. The second kappa shape index (κ2) is 7.00. The van der Waals surface area contributed by atoms with E-state index in [1.165, 1.54) is 36.3 Å². The van der Waals surface area contributed by atoms with Gasteiger partial charge in [0.2, 0.25) is 20.6 Å². The van der Waals surface area contributed by atoms with Gasteiger partial charge in [0.15, 0.2) is 5.78 Å². The van der Waals surface area contributed by atoms with Crippen molar-refractivity contribution in [3.05, 3.63) is 58.1 Å². The first-order valence-electron chi connectivity index (χ1n) is 8.88. The van der Waals surface area contributed by atoms with E-state index >= 15 is 0 Å². The monoisotopic (exact) mass is 453 g/mol. The van der Waals surface area contributed by atoms with Gasteiger partial charge in [-0.05, 0) is 54.4 Å². The third kappa shape index (κ3) is 2.95. The Bertz CT molecular complexity index is 1120. The average molecular weight is 454 g/mol. The van der Waals surface area contributed by atoms with Crippen LogP contribution in [0.15, 0.2) is 47.4 Å². The Kier molecular flexibility index (Phi) is 4.88. The van der Waals surface area contributed by atoms with Gasteiger partial charge in [0.25, 0.3) is 0 Å². The summed E-state index contributed by atoms with van der Waals surface area (Å²) in [6.45, 7) is 0.0418. The van der Waals surface area contributed by atoms with Crippen molar-refractivity contribution in [1.29, 1.82) is 0 Å². The van der Waals surface area contributed by atoms with E-state index < -0.39 is 26.4 Å². The maximum absolute atomic E-state index is 13.4. The number of carbonyl (C=O) groups is 2. The molecule has 29 heavy (non-hydrogen) atoms. The highest BCUT2D eigenvalue weighted by atomic mass is 35.5. The molecule has 0 bridgehead atoms. The summed E-state index contributed by atoms with van der Waals surface area (Å²) in [5.74, 6) is -0.946. The molecule has 2 saturated heterocycles. The average Bonchev–Trinajstić information content (AvgIpc) is 2.90. The number of Topliss-reactive ketones (excluding diaryl/α,β-unsaturated/α-hetero) is 1. The van der Waals surface area contributed by atoms with Crippen LogP contribution in [0.1, 0.15) is 12.0 Å². The Morgan fingerprint density at radius 3 is 2.38 bits per heavy atom. The summed E-state index contributed by atoms with van der Waals surface area (Å²) in [5, 5.41) is 0.862. The van der Waals surface area contributed by atoms with Crippen LogP contribution in [0.4, 0.5) is 0 Å². The first-order valence-corrected chi connectivity index (χ1v) is 11.1. The second-order valence-electron chi connectivity index (χ2n) is 7.14. The third-order valence-corrected chi connectivity index (χ3v) is 8.40. The zero-order chi connectivity index (χ0) is 21.0. The van der Waals surface area contributed by atoms with Crippen molar-refractivity contribution in [2.45, 2.75) is 22.6 Å². The Morgan fingerprint density at radius 1 is 1.10 bits per heavy atom. The molecule has 2 aromatic rings.